The molecular weight excluding hydrogens is 199 g/mol. The SMILES string of the molecule is Cc1cc(C#Cc2ccccc2)ccc1F. The van der Waals surface area contributed by atoms with Crippen molar-refractivity contribution in [3.05, 3.63) is 71.0 Å². The monoisotopic (exact) mass is 210 g/mol. The summed E-state index contributed by atoms with van der Waals surface area (Å²) in [5.74, 6) is 5.86. The molecule has 0 amide bonds. The Morgan fingerprint density at radius 3 is 2.25 bits per heavy atom. The largest absolute Gasteiger partial charge is 0.207 e. The van der Waals surface area contributed by atoms with Crippen molar-refractivity contribution in [2.24, 2.45) is 0 Å². The van der Waals surface area contributed by atoms with Gasteiger partial charge in [0.2, 0.25) is 0 Å². The van der Waals surface area contributed by atoms with Crippen molar-refractivity contribution in [1.82, 2.24) is 0 Å². The second kappa shape index (κ2) is 4.63. The van der Waals surface area contributed by atoms with Gasteiger partial charge in [0.15, 0.2) is 0 Å². The second-order valence-corrected chi connectivity index (χ2v) is 3.58. The standard InChI is InChI=1S/C15H11F/c1-12-11-14(9-10-15(12)16)8-7-13-5-3-2-4-6-13/h2-6,9-11H,1H3. The fourth-order valence-corrected chi connectivity index (χ4v) is 1.39. The van der Waals surface area contributed by atoms with E-state index in [0.717, 1.165) is 11.1 Å². The van der Waals surface area contributed by atoms with E-state index in [1.165, 1.54) is 6.07 Å². The zero-order valence-electron chi connectivity index (χ0n) is 9.00. The Morgan fingerprint density at radius 1 is 0.875 bits per heavy atom. The lowest BCUT2D eigenvalue weighted by atomic mass is 10.1. The maximum absolute atomic E-state index is 13.0. The fraction of sp³-hybridized carbons (Fsp3) is 0.0667. The van der Waals surface area contributed by atoms with Crippen LogP contribution in [0.4, 0.5) is 4.39 Å². The number of hydrogen-bond acceptors (Lipinski definition) is 0. The van der Waals surface area contributed by atoms with Crippen LogP contribution >= 0.6 is 0 Å². The van der Waals surface area contributed by atoms with E-state index in [1.807, 2.05) is 30.3 Å². The Morgan fingerprint density at radius 2 is 1.56 bits per heavy atom. The molecule has 0 nitrogen and oxygen atoms in total. The average molecular weight is 210 g/mol. The summed E-state index contributed by atoms with van der Waals surface area (Å²) in [7, 11) is 0. The van der Waals surface area contributed by atoms with Gasteiger partial charge in [0.1, 0.15) is 5.82 Å². The molecule has 0 spiro atoms. The average Bonchev–Trinajstić information content (AvgIpc) is 2.32. The van der Waals surface area contributed by atoms with Crippen molar-refractivity contribution in [3.8, 4) is 11.8 Å². The van der Waals surface area contributed by atoms with Gasteiger partial charge in [-0.15, -0.1) is 0 Å². The predicted octanol–water partition coefficient (Wildman–Crippen LogP) is 3.53. The van der Waals surface area contributed by atoms with Crippen LogP contribution in [-0.4, -0.2) is 0 Å². The highest BCUT2D eigenvalue weighted by atomic mass is 19.1. The molecule has 2 rings (SSSR count). The van der Waals surface area contributed by atoms with Crippen LogP contribution in [0.15, 0.2) is 48.5 Å². The van der Waals surface area contributed by atoms with Gasteiger partial charge in [-0.05, 0) is 42.8 Å². The van der Waals surface area contributed by atoms with E-state index in [4.69, 9.17) is 0 Å². The molecule has 0 saturated carbocycles. The molecule has 0 atom stereocenters. The highest BCUT2D eigenvalue weighted by molar-refractivity contribution is 5.43. The molecule has 2 aromatic carbocycles. The summed E-state index contributed by atoms with van der Waals surface area (Å²) in [6.45, 7) is 1.74. The van der Waals surface area contributed by atoms with Gasteiger partial charge in [0, 0.05) is 11.1 Å². The van der Waals surface area contributed by atoms with Crippen LogP contribution in [0.3, 0.4) is 0 Å². The molecule has 1 heteroatoms. The predicted molar refractivity (Wildman–Crippen MR) is 63.6 cm³/mol. The fourth-order valence-electron chi connectivity index (χ4n) is 1.39. The van der Waals surface area contributed by atoms with Crippen LogP contribution < -0.4 is 0 Å². The van der Waals surface area contributed by atoms with E-state index in [0.29, 0.717) is 5.56 Å². The zero-order valence-corrected chi connectivity index (χ0v) is 9.00. The van der Waals surface area contributed by atoms with Crippen LogP contribution in [0, 0.1) is 24.6 Å². The first-order valence-electron chi connectivity index (χ1n) is 5.09. The summed E-state index contributed by atoms with van der Waals surface area (Å²) in [5, 5.41) is 0. The topological polar surface area (TPSA) is 0 Å². The summed E-state index contributed by atoms with van der Waals surface area (Å²) in [5.41, 5.74) is 2.42. The number of aryl methyl sites for hydroxylation is 1. The van der Waals surface area contributed by atoms with Gasteiger partial charge in [-0.25, -0.2) is 4.39 Å². The van der Waals surface area contributed by atoms with Crippen molar-refractivity contribution in [1.29, 1.82) is 0 Å². The molecule has 78 valence electrons. The van der Waals surface area contributed by atoms with Gasteiger partial charge in [-0.3, -0.25) is 0 Å². The highest BCUT2D eigenvalue weighted by Gasteiger charge is 1.95. The molecule has 0 heterocycles. The molecule has 0 aliphatic rings. The van der Waals surface area contributed by atoms with Crippen LogP contribution in [0.1, 0.15) is 16.7 Å². The zero-order chi connectivity index (χ0) is 11.4. The van der Waals surface area contributed by atoms with E-state index in [2.05, 4.69) is 11.8 Å². The lowest BCUT2D eigenvalue weighted by Crippen LogP contribution is -1.83. The Kier molecular flexibility index (Phi) is 3.03. The lowest BCUT2D eigenvalue weighted by Gasteiger charge is -1.95. The van der Waals surface area contributed by atoms with E-state index >= 15 is 0 Å². The molecule has 0 aliphatic carbocycles. The molecule has 0 unspecified atom stereocenters. The van der Waals surface area contributed by atoms with Crippen LogP contribution in [-0.2, 0) is 0 Å². The molecule has 0 bridgehead atoms. The van der Waals surface area contributed by atoms with E-state index in [1.54, 1.807) is 19.1 Å². The minimum absolute atomic E-state index is 0.190. The van der Waals surface area contributed by atoms with Crippen LogP contribution in [0.2, 0.25) is 0 Å². The first kappa shape index (κ1) is 10.4. The van der Waals surface area contributed by atoms with Gasteiger partial charge in [0.05, 0.1) is 0 Å². The molecule has 0 N–H and O–H groups in total. The molecule has 2 aromatic rings. The van der Waals surface area contributed by atoms with Crippen molar-refractivity contribution in [3.63, 3.8) is 0 Å². The van der Waals surface area contributed by atoms with Gasteiger partial charge in [-0.2, -0.15) is 0 Å². The molecule has 0 fully saturated rings. The maximum Gasteiger partial charge on any atom is 0.126 e. The Bertz CT molecular complexity index is 545. The second-order valence-electron chi connectivity index (χ2n) is 3.58. The van der Waals surface area contributed by atoms with Gasteiger partial charge >= 0.3 is 0 Å². The third-order valence-corrected chi connectivity index (χ3v) is 2.28. The minimum atomic E-state index is -0.190. The number of rotatable bonds is 0. The molecule has 0 saturated heterocycles. The molecule has 0 aromatic heterocycles. The third kappa shape index (κ3) is 2.49. The Balaban J connectivity index is 2.28. The first-order chi connectivity index (χ1) is 7.75. The third-order valence-electron chi connectivity index (χ3n) is 2.28. The van der Waals surface area contributed by atoms with Gasteiger partial charge < -0.3 is 0 Å². The number of benzene rings is 2. The van der Waals surface area contributed by atoms with Crippen molar-refractivity contribution in [2.75, 3.05) is 0 Å². The first-order valence-corrected chi connectivity index (χ1v) is 5.09. The summed E-state index contributed by atoms with van der Waals surface area (Å²) < 4.78 is 13.0. The maximum atomic E-state index is 13.0. The quantitative estimate of drug-likeness (QED) is 0.583. The summed E-state index contributed by atoms with van der Waals surface area (Å²) in [6, 6.07) is 14.6. The number of hydrogen-bond donors (Lipinski definition) is 0. The van der Waals surface area contributed by atoms with E-state index in [-0.39, 0.29) is 5.82 Å². The molecule has 0 radical (unpaired) electrons. The summed E-state index contributed by atoms with van der Waals surface area (Å²) in [6.07, 6.45) is 0. The minimum Gasteiger partial charge on any atom is -0.207 e. The van der Waals surface area contributed by atoms with Crippen molar-refractivity contribution in [2.45, 2.75) is 6.92 Å². The van der Waals surface area contributed by atoms with Crippen molar-refractivity contribution >= 4 is 0 Å². The highest BCUT2D eigenvalue weighted by Crippen LogP contribution is 2.08. The molecule has 0 aliphatic heterocycles. The summed E-state index contributed by atoms with van der Waals surface area (Å²) in [4.78, 5) is 0. The van der Waals surface area contributed by atoms with Gasteiger partial charge in [-0.1, -0.05) is 30.0 Å². The summed E-state index contributed by atoms with van der Waals surface area (Å²) >= 11 is 0. The Labute approximate surface area is 94.7 Å². The van der Waals surface area contributed by atoms with Gasteiger partial charge in [0.25, 0.3) is 0 Å². The van der Waals surface area contributed by atoms with E-state index in [9.17, 15) is 4.39 Å². The number of halogens is 1. The lowest BCUT2D eigenvalue weighted by molar-refractivity contribution is 0.618. The molecule has 16 heavy (non-hydrogen) atoms. The smallest absolute Gasteiger partial charge is 0.126 e. The normalized spacial score (nSPS) is 9.38. The molecular formula is C15H11F. The van der Waals surface area contributed by atoms with Crippen LogP contribution in [0.25, 0.3) is 0 Å². The van der Waals surface area contributed by atoms with E-state index < -0.39 is 0 Å². The Hall–Kier alpha value is -2.07. The van der Waals surface area contributed by atoms with Crippen LogP contribution in [0.5, 0.6) is 0 Å². The van der Waals surface area contributed by atoms with Crippen molar-refractivity contribution < 1.29 is 4.39 Å².